The van der Waals surface area contributed by atoms with Gasteiger partial charge in [0, 0.05) is 35.8 Å². The van der Waals surface area contributed by atoms with Crippen molar-refractivity contribution in [3.8, 4) is 17.6 Å². The van der Waals surface area contributed by atoms with Crippen LogP contribution in [-0.2, 0) is 6.54 Å². The summed E-state index contributed by atoms with van der Waals surface area (Å²) in [5.74, 6) is 5.49. The summed E-state index contributed by atoms with van der Waals surface area (Å²) in [5, 5.41) is 13.0. The minimum atomic E-state index is -4.43. The van der Waals surface area contributed by atoms with E-state index in [1.165, 1.54) is 17.7 Å². The van der Waals surface area contributed by atoms with Crippen molar-refractivity contribution in [2.45, 2.75) is 50.5 Å². The zero-order valence-electron chi connectivity index (χ0n) is 22.4. The van der Waals surface area contributed by atoms with E-state index in [2.05, 4.69) is 33.1 Å². The fourth-order valence-corrected chi connectivity index (χ4v) is 5.02. The van der Waals surface area contributed by atoms with Gasteiger partial charge in [0.1, 0.15) is 12.3 Å². The number of amides is 1. The van der Waals surface area contributed by atoms with Crippen molar-refractivity contribution in [1.82, 2.24) is 15.2 Å². The van der Waals surface area contributed by atoms with Crippen LogP contribution in [-0.4, -0.2) is 56.2 Å². The highest BCUT2D eigenvalue weighted by molar-refractivity contribution is 5.95. The number of hydrogen-bond donors (Lipinski definition) is 4. The van der Waals surface area contributed by atoms with E-state index in [4.69, 9.17) is 4.74 Å². The van der Waals surface area contributed by atoms with Crippen molar-refractivity contribution in [1.29, 1.82) is 0 Å². The number of fused-ring (bicyclic) bond motifs is 1. The molecule has 3 aromatic rings. The normalized spacial score (nSPS) is 17.1. The second kappa shape index (κ2) is 13.0. The number of nitrogens with zero attached hydrogens (tertiary/aromatic N) is 1. The van der Waals surface area contributed by atoms with Crippen LogP contribution in [0.4, 0.5) is 28.9 Å². The summed E-state index contributed by atoms with van der Waals surface area (Å²) >= 11 is 0. The highest BCUT2D eigenvalue weighted by atomic mass is 19.4. The van der Waals surface area contributed by atoms with Gasteiger partial charge in [-0.2, -0.15) is 13.2 Å². The van der Waals surface area contributed by atoms with Gasteiger partial charge in [0.05, 0.1) is 23.4 Å². The summed E-state index contributed by atoms with van der Waals surface area (Å²) in [5.41, 5.74) is 2.16. The van der Waals surface area contributed by atoms with E-state index < -0.39 is 19.6 Å². The number of benzene rings is 2. The predicted molar refractivity (Wildman–Crippen MR) is 149 cm³/mol. The number of anilines is 2. The number of rotatable bonds is 9. The van der Waals surface area contributed by atoms with Crippen LogP contribution in [0.3, 0.4) is 0 Å². The second-order valence-corrected chi connectivity index (χ2v) is 9.65. The van der Waals surface area contributed by atoms with Gasteiger partial charge in [-0.1, -0.05) is 12.0 Å². The van der Waals surface area contributed by atoms with E-state index in [1.807, 2.05) is 13.1 Å². The van der Waals surface area contributed by atoms with E-state index in [1.54, 1.807) is 30.3 Å². The third-order valence-corrected chi connectivity index (χ3v) is 7.04. The van der Waals surface area contributed by atoms with Crippen LogP contribution < -0.4 is 26.0 Å². The van der Waals surface area contributed by atoms with Crippen LogP contribution in [0.1, 0.15) is 41.7 Å². The monoisotopic (exact) mass is 559 g/mol. The molecule has 0 bridgehead atoms. The third-order valence-electron chi connectivity index (χ3n) is 7.04. The number of hydrogen-bond acceptors (Lipinski definition) is 5. The molecule has 1 heterocycles. The van der Waals surface area contributed by atoms with Crippen molar-refractivity contribution in [3.63, 3.8) is 0 Å². The maximum Gasteiger partial charge on any atom is 0.406 e. The van der Waals surface area contributed by atoms with Gasteiger partial charge in [-0.05, 0) is 75.0 Å². The maximum absolute atomic E-state index is 13.5. The summed E-state index contributed by atoms with van der Waals surface area (Å²) in [7, 11) is 3.44. The number of halogens is 4. The number of ether oxygens (including phenoxy) is 1. The van der Waals surface area contributed by atoms with Gasteiger partial charge in [-0.25, -0.2) is 4.39 Å². The van der Waals surface area contributed by atoms with Crippen LogP contribution in [0.15, 0.2) is 42.5 Å². The lowest BCUT2D eigenvalue weighted by Crippen LogP contribution is -2.34. The Hall–Kier alpha value is -3.91. The molecule has 0 spiro atoms. The zero-order chi connectivity index (χ0) is 28.7. The standard InChI is InChI=1S/C29H33F4N5O2/c1-34-20-9-11-21(12-10-20)37-24-6-3-7-26-23(24)16-22(38(26)17-29(31,32)33)5-4-14-36-25-13-8-19(28(39)35-2)15-27(25)40-18-30/h3,6-8,13,15-16,20-21,34,36-37H,9-12,14,17-18H2,1-2H3,(H,35,39). The first-order valence-corrected chi connectivity index (χ1v) is 13.1. The molecule has 1 saturated carbocycles. The Morgan fingerprint density at radius 2 is 1.80 bits per heavy atom. The molecule has 4 N–H and O–H groups in total. The molecule has 1 amide bonds. The summed E-state index contributed by atoms with van der Waals surface area (Å²) in [6.07, 6.45) is -0.407. The van der Waals surface area contributed by atoms with Gasteiger partial charge in [-0.15, -0.1) is 0 Å². The molecule has 1 fully saturated rings. The fourth-order valence-electron chi connectivity index (χ4n) is 5.02. The predicted octanol–water partition coefficient (Wildman–Crippen LogP) is 5.28. The third kappa shape index (κ3) is 7.18. The van der Waals surface area contributed by atoms with Crippen LogP contribution in [0.5, 0.6) is 5.75 Å². The first-order valence-electron chi connectivity index (χ1n) is 13.1. The summed E-state index contributed by atoms with van der Waals surface area (Å²) in [6, 6.07) is 12.2. The lowest BCUT2D eigenvalue weighted by Gasteiger charge is -2.29. The fraction of sp³-hybridized carbons (Fsp3) is 0.414. The Morgan fingerprint density at radius 1 is 1.05 bits per heavy atom. The van der Waals surface area contributed by atoms with Gasteiger partial charge in [0.25, 0.3) is 5.91 Å². The molecule has 40 heavy (non-hydrogen) atoms. The Kier molecular flexibility index (Phi) is 9.42. The van der Waals surface area contributed by atoms with Crippen LogP contribution >= 0.6 is 0 Å². The van der Waals surface area contributed by atoms with Gasteiger partial charge in [-0.3, -0.25) is 4.79 Å². The minimum absolute atomic E-state index is 0.0509. The molecule has 0 unspecified atom stereocenters. The second-order valence-electron chi connectivity index (χ2n) is 9.65. The molecule has 1 aromatic heterocycles. The average molecular weight is 560 g/mol. The first-order chi connectivity index (χ1) is 19.2. The van der Waals surface area contributed by atoms with E-state index in [-0.39, 0.29) is 29.9 Å². The van der Waals surface area contributed by atoms with E-state index in [0.717, 1.165) is 31.4 Å². The Labute approximate surface area is 230 Å². The molecule has 214 valence electrons. The quantitative estimate of drug-likeness (QED) is 0.212. The van der Waals surface area contributed by atoms with Gasteiger partial charge in [0.2, 0.25) is 6.86 Å². The molecule has 2 aromatic carbocycles. The lowest BCUT2D eigenvalue weighted by atomic mass is 9.91. The van der Waals surface area contributed by atoms with E-state index in [0.29, 0.717) is 28.2 Å². The summed E-state index contributed by atoms with van der Waals surface area (Å²) in [6.45, 7) is -2.21. The SMILES string of the molecule is CNC(=O)c1ccc(NCC#Cc2cc3c(NC4CCC(NC)CC4)cccc3n2CC(F)(F)F)c(OCF)c1. The van der Waals surface area contributed by atoms with Crippen molar-refractivity contribution >= 4 is 28.2 Å². The van der Waals surface area contributed by atoms with Crippen molar-refractivity contribution in [2.75, 3.05) is 38.1 Å². The molecule has 1 aliphatic carbocycles. The van der Waals surface area contributed by atoms with Gasteiger partial charge >= 0.3 is 6.18 Å². The van der Waals surface area contributed by atoms with E-state index in [9.17, 15) is 22.4 Å². The van der Waals surface area contributed by atoms with Crippen LogP contribution in [0.25, 0.3) is 10.9 Å². The maximum atomic E-state index is 13.5. The number of aromatic nitrogens is 1. The topological polar surface area (TPSA) is 79.4 Å². The molecule has 0 atom stereocenters. The van der Waals surface area contributed by atoms with Gasteiger partial charge in [0.15, 0.2) is 0 Å². The molecule has 7 nitrogen and oxygen atoms in total. The Bertz CT molecular complexity index is 1380. The highest BCUT2D eigenvalue weighted by Gasteiger charge is 2.30. The highest BCUT2D eigenvalue weighted by Crippen LogP contribution is 2.32. The van der Waals surface area contributed by atoms with Crippen LogP contribution in [0.2, 0.25) is 0 Å². The number of nitrogens with one attached hydrogen (secondary N) is 4. The number of carbonyl (C=O) groups excluding carboxylic acids is 1. The number of carbonyl (C=O) groups is 1. The first kappa shape index (κ1) is 29.1. The number of alkyl halides is 4. The largest absolute Gasteiger partial charge is 0.461 e. The van der Waals surface area contributed by atoms with Gasteiger partial charge < -0.3 is 30.6 Å². The average Bonchev–Trinajstić information content (AvgIpc) is 3.28. The molecular formula is C29H33F4N5O2. The minimum Gasteiger partial charge on any atom is -0.461 e. The van der Waals surface area contributed by atoms with Crippen molar-refractivity contribution in [2.24, 2.45) is 0 Å². The molecule has 1 aliphatic rings. The Balaban J connectivity index is 1.57. The zero-order valence-corrected chi connectivity index (χ0v) is 22.4. The molecular weight excluding hydrogens is 526 g/mol. The molecule has 0 saturated heterocycles. The Morgan fingerprint density at radius 3 is 2.48 bits per heavy atom. The smallest absolute Gasteiger partial charge is 0.406 e. The molecule has 0 radical (unpaired) electrons. The summed E-state index contributed by atoms with van der Waals surface area (Å²) in [4.78, 5) is 11.9. The lowest BCUT2D eigenvalue weighted by molar-refractivity contribution is -0.140. The molecule has 4 rings (SSSR count). The van der Waals surface area contributed by atoms with Crippen molar-refractivity contribution in [3.05, 3.63) is 53.7 Å². The summed E-state index contributed by atoms with van der Waals surface area (Å²) < 4.78 is 59.7. The molecule has 0 aliphatic heterocycles. The molecule has 11 heteroatoms. The van der Waals surface area contributed by atoms with Crippen LogP contribution in [0, 0.1) is 11.8 Å². The van der Waals surface area contributed by atoms with Crippen molar-refractivity contribution < 1.29 is 27.1 Å². The van der Waals surface area contributed by atoms with E-state index >= 15 is 0 Å².